The van der Waals surface area contributed by atoms with Gasteiger partial charge in [0.1, 0.15) is 0 Å². The fourth-order valence-corrected chi connectivity index (χ4v) is 3.49. The SMILES string of the molecule is CCN(C(=O)CN1CCC[C@@H]1CO)c1cccc2ccccc12. The summed E-state index contributed by atoms with van der Waals surface area (Å²) in [5.41, 5.74) is 0.968. The zero-order chi connectivity index (χ0) is 16.2. The zero-order valence-corrected chi connectivity index (χ0v) is 13.6. The molecule has 0 unspecified atom stereocenters. The number of carbonyl (C=O) groups is 1. The lowest BCUT2D eigenvalue weighted by atomic mass is 10.1. The predicted molar refractivity (Wildman–Crippen MR) is 93.7 cm³/mol. The van der Waals surface area contributed by atoms with Gasteiger partial charge in [0.2, 0.25) is 5.91 Å². The first-order chi connectivity index (χ1) is 11.2. The minimum Gasteiger partial charge on any atom is -0.395 e. The average molecular weight is 312 g/mol. The highest BCUT2D eigenvalue weighted by atomic mass is 16.3. The number of hydrogen-bond donors (Lipinski definition) is 1. The number of hydrogen-bond acceptors (Lipinski definition) is 3. The maximum atomic E-state index is 12.8. The highest BCUT2D eigenvalue weighted by molar-refractivity contribution is 6.04. The van der Waals surface area contributed by atoms with Gasteiger partial charge in [-0.3, -0.25) is 9.69 Å². The van der Waals surface area contributed by atoms with Crippen LogP contribution in [0.2, 0.25) is 0 Å². The van der Waals surface area contributed by atoms with Gasteiger partial charge in [-0.2, -0.15) is 0 Å². The summed E-state index contributed by atoms with van der Waals surface area (Å²) in [6.07, 6.45) is 2.03. The van der Waals surface area contributed by atoms with Crippen LogP contribution in [0.5, 0.6) is 0 Å². The summed E-state index contributed by atoms with van der Waals surface area (Å²) in [4.78, 5) is 16.8. The Morgan fingerprint density at radius 2 is 2.04 bits per heavy atom. The second-order valence-electron chi connectivity index (χ2n) is 6.09. The van der Waals surface area contributed by atoms with E-state index in [9.17, 15) is 9.90 Å². The number of nitrogens with zero attached hydrogens (tertiary/aromatic N) is 2. The van der Waals surface area contributed by atoms with Crippen molar-refractivity contribution in [1.82, 2.24) is 4.90 Å². The molecule has 0 spiro atoms. The molecule has 2 aromatic carbocycles. The van der Waals surface area contributed by atoms with E-state index in [1.165, 1.54) is 0 Å². The van der Waals surface area contributed by atoms with E-state index in [0.29, 0.717) is 13.1 Å². The Labute approximate surface area is 137 Å². The van der Waals surface area contributed by atoms with Crippen molar-refractivity contribution in [2.24, 2.45) is 0 Å². The van der Waals surface area contributed by atoms with Crippen molar-refractivity contribution in [2.75, 3.05) is 31.1 Å². The van der Waals surface area contributed by atoms with Crippen LogP contribution in [-0.2, 0) is 4.79 Å². The van der Waals surface area contributed by atoms with Crippen molar-refractivity contribution in [3.63, 3.8) is 0 Å². The van der Waals surface area contributed by atoms with Crippen LogP contribution in [0.4, 0.5) is 5.69 Å². The van der Waals surface area contributed by atoms with E-state index < -0.39 is 0 Å². The van der Waals surface area contributed by atoms with Crippen molar-refractivity contribution in [3.05, 3.63) is 42.5 Å². The molecule has 0 radical (unpaired) electrons. The molecule has 0 bridgehead atoms. The molecular weight excluding hydrogens is 288 g/mol. The first-order valence-corrected chi connectivity index (χ1v) is 8.37. The van der Waals surface area contributed by atoms with Gasteiger partial charge in [-0.15, -0.1) is 0 Å². The average Bonchev–Trinajstić information content (AvgIpc) is 3.03. The Morgan fingerprint density at radius 3 is 2.83 bits per heavy atom. The minimum atomic E-state index is 0.101. The number of benzene rings is 2. The highest BCUT2D eigenvalue weighted by Crippen LogP contribution is 2.27. The molecule has 3 rings (SSSR count). The summed E-state index contributed by atoms with van der Waals surface area (Å²) in [5, 5.41) is 11.7. The molecule has 1 aliphatic rings. The lowest BCUT2D eigenvalue weighted by molar-refractivity contribution is -0.120. The van der Waals surface area contributed by atoms with Crippen LogP contribution < -0.4 is 4.90 Å². The summed E-state index contributed by atoms with van der Waals surface area (Å²) >= 11 is 0. The summed E-state index contributed by atoms with van der Waals surface area (Å²) in [6.45, 7) is 4.05. The Balaban J connectivity index is 1.85. The van der Waals surface area contributed by atoms with Crippen LogP contribution in [0.25, 0.3) is 10.8 Å². The molecule has 1 atom stereocenters. The van der Waals surface area contributed by atoms with Crippen LogP contribution >= 0.6 is 0 Å². The van der Waals surface area contributed by atoms with Gasteiger partial charge >= 0.3 is 0 Å². The lowest BCUT2D eigenvalue weighted by Crippen LogP contribution is -2.43. The van der Waals surface area contributed by atoms with E-state index in [1.807, 2.05) is 36.1 Å². The minimum absolute atomic E-state index is 0.101. The van der Waals surface area contributed by atoms with E-state index in [0.717, 1.165) is 35.8 Å². The number of anilines is 1. The van der Waals surface area contributed by atoms with E-state index >= 15 is 0 Å². The maximum absolute atomic E-state index is 12.8. The molecule has 4 heteroatoms. The van der Waals surface area contributed by atoms with Crippen LogP contribution in [0.3, 0.4) is 0 Å². The Bertz CT molecular complexity index is 681. The number of likely N-dealkylation sites (N-methyl/N-ethyl adjacent to an activating group) is 1. The van der Waals surface area contributed by atoms with E-state index in [1.54, 1.807) is 0 Å². The van der Waals surface area contributed by atoms with E-state index in [2.05, 4.69) is 23.1 Å². The number of rotatable bonds is 5. The van der Waals surface area contributed by atoms with E-state index in [4.69, 9.17) is 0 Å². The largest absolute Gasteiger partial charge is 0.395 e. The standard InChI is InChI=1S/C19H24N2O2/c1-2-21(19(23)13-20-12-6-9-16(20)14-22)18-11-5-8-15-7-3-4-10-17(15)18/h3-5,7-8,10-11,16,22H,2,6,9,12-14H2,1H3/t16-/m1/s1. The topological polar surface area (TPSA) is 43.8 Å². The molecule has 1 N–H and O–H groups in total. The Morgan fingerprint density at radius 1 is 1.26 bits per heavy atom. The molecule has 122 valence electrons. The molecule has 1 fully saturated rings. The normalized spacial score (nSPS) is 18.4. The highest BCUT2D eigenvalue weighted by Gasteiger charge is 2.27. The number of carbonyl (C=O) groups excluding carboxylic acids is 1. The predicted octanol–water partition coefficient (Wildman–Crippen LogP) is 2.65. The Kier molecular flexibility index (Phi) is 4.94. The van der Waals surface area contributed by atoms with Gasteiger partial charge in [-0.25, -0.2) is 0 Å². The monoisotopic (exact) mass is 312 g/mol. The van der Waals surface area contributed by atoms with Gasteiger partial charge in [-0.1, -0.05) is 36.4 Å². The van der Waals surface area contributed by atoms with Gasteiger partial charge in [0.05, 0.1) is 18.8 Å². The third-order valence-corrected chi connectivity index (χ3v) is 4.72. The molecule has 1 heterocycles. The van der Waals surface area contributed by atoms with Crippen LogP contribution in [0.1, 0.15) is 19.8 Å². The second-order valence-corrected chi connectivity index (χ2v) is 6.09. The molecule has 23 heavy (non-hydrogen) atoms. The van der Waals surface area contributed by atoms with Crippen molar-refractivity contribution in [3.8, 4) is 0 Å². The molecule has 4 nitrogen and oxygen atoms in total. The first-order valence-electron chi connectivity index (χ1n) is 8.37. The molecule has 0 aliphatic carbocycles. The molecular formula is C19H24N2O2. The fraction of sp³-hybridized carbons (Fsp3) is 0.421. The van der Waals surface area contributed by atoms with Gasteiger partial charge in [0, 0.05) is 18.0 Å². The summed E-state index contributed by atoms with van der Waals surface area (Å²) in [7, 11) is 0. The quantitative estimate of drug-likeness (QED) is 0.923. The fourth-order valence-electron chi connectivity index (χ4n) is 3.49. The molecule has 2 aromatic rings. The first kappa shape index (κ1) is 16.0. The number of amides is 1. The summed E-state index contributed by atoms with van der Waals surface area (Å²) in [6, 6.07) is 14.4. The smallest absolute Gasteiger partial charge is 0.241 e. The van der Waals surface area contributed by atoms with Crippen LogP contribution in [-0.4, -0.2) is 48.2 Å². The zero-order valence-electron chi connectivity index (χ0n) is 13.6. The third kappa shape index (κ3) is 3.23. The van der Waals surface area contributed by atoms with Crippen molar-refractivity contribution in [2.45, 2.75) is 25.8 Å². The van der Waals surface area contributed by atoms with Gasteiger partial charge in [0.25, 0.3) is 0 Å². The number of likely N-dealkylation sites (tertiary alicyclic amines) is 1. The van der Waals surface area contributed by atoms with Gasteiger partial charge < -0.3 is 10.0 Å². The van der Waals surface area contributed by atoms with Crippen LogP contribution in [0.15, 0.2) is 42.5 Å². The van der Waals surface area contributed by atoms with Gasteiger partial charge in [-0.05, 0) is 37.8 Å². The van der Waals surface area contributed by atoms with E-state index in [-0.39, 0.29) is 18.6 Å². The van der Waals surface area contributed by atoms with Crippen molar-refractivity contribution in [1.29, 1.82) is 0 Å². The molecule has 1 amide bonds. The lowest BCUT2D eigenvalue weighted by Gasteiger charge is -2.28. The molecule has 1 saturated heterocycles. The summed E-state index contributed by atoms with van der Waals surface area (Å²) < 4.78 is 0. The maximum Gasteiger partial charge on any atom is 0.241 e. The molecule has 0 saturated carbocycles. The summed E-state index contributed by atoms with van der Waals surface area (Å²) in [5.74, 6) is 0.101. The molecule has 0 aromatic heterocycles. The van der Waals surface area contributed by atoms with Crippen molar-refractivity contribution >= 4 is 22.4 Å². The van der Waals surface area contributed by atoms with Crippen LogP contribution in [0, 0.1) is 0 Å². The number of aliphatic hydroxyl groups is 1. The van der Waals surface area contributed by atoms with Gasteiger partial charge in [0.15, 0.2) is 0 Å². The number of fused-ring (bicyclic) bond motifs is 1. The third-order valence-electron chi connectivity index (χ3n) is 4.72. The van der Waals surface area contributed by atoms with Crippen molar-refractivity contribution < 1.29 is 9.90 Å². The number of aliphatic hydroxyl groups excluding tert-OH is 1. The Hall–Kier alpha value is -1.91. The second kappa shape index (κ2) is 7.11. The molecule has 1 aliphatic heterocycles.